The molecule has 1 aromatic carbocycles. The molecule has 0 saturated heterocycles. The number of carbonyl (C=O) groups is 1. The van der Waals surface area contributed by atoms with Crippen LogP contribution >= 0.6 is 0 Å². The van der Waals surface area contributed by atoms with E-state index in [0.717, 1.165) is 5.69 Å². The van der Waals surface area contributed by atoms with Gasteiger partial charge in [0.1, 0.15) is 12.0 Å². The topological polar surface area (TPSA) is 50.4 Å². The van der Waals surface area contributed by atoms with Gasteiger partial charge in [0.2, 0.25) is 0 Å². The van der Waals surface area contributed by atoms with Crippen LogP contribution in [0.5, 0.6) is 0 Å². The van der Waals surface area contributed by atoms with Crippen molar-refractivity contribution in [2.24, 2.45) is 0 Å². The first-order valence-corrected chi connectivity index (χ1v) is 4.78. The molecule has 0 fully saturated rings. The molecule has 1 aromatic rings. The number of anilines is 1. The van der Waals surface area contributed by atoms with Crippen LogP contribution in [0.2, 0.25) is 0 Å². The summed E-state index contributed by atoms with van der Waals surface area (Å²) in [6.07, 6.45) is 1.87. The van der Waals surface area contributed by atoms with Gasteiger partial charge in [0.25, 0.3) is 0 Å². The minimum absolute atomic E-state index is 0.0599. The minimum atomic E-state index is 0.0599. The molecule has 15 heavy (non-hydrogen) atoms. The lowest BCUT2D eigenvalue weighted by atomic mass is 10.2. The van der Waals surface area contributed by atoms with Crippen LogP contribution in [0.4, 0.5) is 5.69 Å². The molecule has 0 amide bonds. The van der Waals surface area contributed by atoms with Crippen molar-refractivity contribution in [3.63, 3.8) is 0 Å². The van der Waals surface area contributed by atoms with E-state index >= 15 is 0 Å². The Hall–Kier alpha value is -1.97. The Balaban J connectivity index is 1.93. The normalized spacial score (nSPS) is 15.2. The Morgan fingerprint density at radius 3 is 2.67 bits per heavy atom. The van der Waals surface area contributed by atoms with E-state index in [4.69, 9.17) is 4.74 Å². The number of hydrogen-bond acceptors (Lipinski definition) is 4. The fraction of sp³-hybridized carbons (Fsp3) is 0.182. The second-order valence-electron chi connectivity index (χ2n) is 3.19. The van der Waals surface area contributed by atoms with Crippen molar-refractivity contribution < 1.29 is 9.53 Å². The lowest BCUT2D eigenvalue weighted by Crippen LogP contribution is -2.29. The number of benzene rings is 1. The van der Waals surface area contributed by atoms with Crippen molar-refractivity contribution in [1.29, 1.82) is 0 Å². The predicted octanol–water partition coefficient (Wildman–Crippen LogP) is 1.43. The summed E-state index contributed by atoms with van der Waals surface area (Å²) in [5.41, 5.74) is 7.11. The Morgan fingerprint density at radius 2 is 1.93 bits per heavy atom. The minimum Gasteiger partial charge on any atom is -0.498 e. The van der Waals surface area contributed by atoms with Gasteiger partial charge in [-0.25, -0.2) is 0 Å². The molecule has 1 heterocycles. The van der Waals surface area contributed by atoms with E-state index in [1.54, 1.807) is 0 Å². The van der Waals surface area contributed by atoms with Crippen molar-refractivity contribution in [2.45, 2.75) is 6.42 Å². The van der Waals surface area contributed by atoms with Crippen LogP contribution in [-0.2, 0) is 9.53 Å². The van der Waals surface area contributed by atoms with Crippen molar-refractivity contribution in [3.05, 3.63) is 42.3 Å². The molecule has 1 aliphatic rings. The summed E-state index contributed by atoms with van der Waals surface area (Å²) in [7, 11) is 0. The van der Waals surface area contributed by atoms with E-state index in [1.807, 2.05) is 30.3 Å². The summed E-state index contributed by atoms with van der Waals surface area (Å²) in [4.78, 5) is 11.4. The van der Waals surface area contributed by atoms with Crippen molar-refractivity contribution in [2.75, 3.05) is 12.0 Å². The van der Waals surface area contributed by atoms with E-state index < -0.39 is 0 Å². The zero-order chi connectivity index (χ0) is 10.5. The molecule has 0 aromatic heterocycles. The Bertz CT molecular complexity index is 373. The Labute approximate surface area is 87.9 Å². The van der Waals surface area contributed by atoms with Gasteiger partial charge in [-0.1, -0.05) is 18.2 Å². The highest BCUT2D eigenvalue weighted by molar-refractivity contribution is 5.95. The fourth-order valence-corrected chi connectivity index (χ4v) is 1.25. The second kappa shape index (κ2) is 4.50. The lowest BCUT2D eigenvalue weighted by molar-refractivity contribution is -0.117. The van der Waals surface area contributed by atoms with Gasteiger partial charge in [-0.15, -0.1) is 0 Å². The first-order chi connectivity index (χ1) is 7.36. The summed E-state index contributed by atoms with van der Waals surface area (Å²) >= 11 is 0. The zero-order valence-electron chi connectivity index (χ0n) is 8.19. The van der Waals surface area contributed by atoms with Crippen LogP contribution in [0.15, 0.2) is 42.3 Å². The predicted molar refractivity (Wildman–Crippen MR) is 56.9 cm³/mol. The first kappa shape index (κ1) is 9.58. The fourth-order valence-electron chi connectivity index (χ4n) is 1.25. The summed E-state index contributed by atoms with van der Waals surface area (Å²) in [5.74, 6) is 0.0599. The van der Waals surface area contributed by atoms with Crippen molar-refractivity contribution in [1.82, 2.24) is 5.43 Å². The number of rotatable bonds is 3. The first-order valence-electron chi connectivity index (χ1n) is 4.78. The third kappa shape index (κ3) is 2.49. The van der Waals surface area contributed by atoms with Gasteiger partial charge in [0.15, 0.2) is 5.78 Å². The summed E-state index contributed by atoms with van der Waals surface area (Å²) < 4.78 is 5.06. The van der Waals surface area contributed by atoms with Crippen LogP contribution < -0.4 is 10.9 Å². The zero-order valence-corrected chi connectivity index (χ0v) is 8.19. The van der Waals surface area contributed by atoms with Gasteiger partial charge in [-0.2, -0.15) is 0 Å². The van der Waals surface area contributed by atoms with Gasteiger partial charge in [-0.05, 0) is 12.1 Å². The van der Waals surface area contributed by atoms with Crippen LogP contribution in [0.3, 0.4) is 0 Å². The van der Waals surface area contributed by atoms with Crippen LogP contribution in [0.1, 0.15) is 6.42 Å². The molecule has 2 rings (SSSR count). The average molecular weight is 204 g/mol. The molecule has 4 heteroatoms. The van der Waals surface area contributed by atoms with E-state index in [1.165, 1.54) is 6.26 Å². The molecule has 0 unspecified atom stereocenters. The molecular weight excluding hydrogens is 192 g/mol. The number of allylic oxidation sites excluding steroid dienone is 1. The van der Waals surface area contributed by atoms with E-state index in [9.17, 15) is 4.79 Å². The molecule has 0 spiro atoms. The third-order valence-electron chi connectivity index (χ3n) is 2.06. The van der Waals surface area contributed by atoms with E-state index in [2.05, 4.69) is 10.9 Å². The maximum absolute atomic E-state index is 11.4. The van der Waals surface area contributed by atoms with Gasteiger partial charge in [0, 0.05) is 6.42 Å². The SMILES string of the molecule is O=C1CCOC=C1NNc1ccccc1. The molecule has 0 bridgehead atoms. The maximum atomic E-state index is 11.4. The number of carbonyl (C=O) groups excluding carboxylic acids is 1. The highest BCUT2D eigenvalue weighted by Gasteiger charge is 2.13. The highest BCUT2D eigenvalue weighted by atomic mass is 16.5. The number of hydrazine groups is 1. The smallest absolute Gasteiger partial charge is 0.187 e. The van der Waals surface area contributed by atoms with Crippen LogP contribution in [0, 0.1) is 0 Å². The Morgan fingerprint density at radius 1 is 1.13 bits per heavy atom. The van der Waals surface area contributed by atoms with Crippen LogP contribution in [-0.4, -0.2) is 12.4 Å². The Kier molecular flexibility index (Phi) is 2.88. The lowest BCUT2D eigenvalue weighted by Gasteiger charge is -2.15. The standard InChI is InChI=1S/C11H12N2O2/c14-11-6-7-15-8-10(11)13-12-9-4-2-1-3-5-9/h1-5,8,12-13H,6-7H2. The quantitative estimate of drug-likeness (QED) is 0.731. The highest BCUT2D eigenvalue weighted by Crippen LogP contribution is 2.07. The number of ether oxygens (including phenoxy) is 1. The number of ketones is 1. The molecule has 0 aliphatic carbocycles. The third-order valence-corrected chi connectivity index (χ3v) is 2.06. The monoisotopic (exact) mass is 204 g/mol. The van der Waals surface area contributed by atoms with Gasteiger partial charge >= 0.3 is 0 Å². The maximum Gasteiger partial charge on any atom is 0.187 e. The number of nitrogens with one attached hydrogen (secondary N) is 2. The summed E-state index contributed by atoms with van der Waals surface area (Å²) in [6.45, 7) is 0.468. The van der Waals surface area contributed by atoms with Crippen molar-refractivity contribution in [3.8, 4) is 0 Å². The molecular formula is C11H12N2O2. The molecule has 0 radical (unpaired) electrons. The van der Waals surface area contributed by atoms with Crippen LogP contribution in [0.25, 0.3) is 0 Å². The molecule has 78 valence electrons. The molecule has 2 N–H and O–H groups in total. The molecule has 0 atom stereocenters. The summed E-state index contributed by atoms with van der Waals surface area (Å²) in [6, 6.07) is 9.57. The van der Waals surface area contributed by atoms with Gasteiger partial charge in [-0.3, -0.25) is 10.2 Å². The molecule has 4 nitrogen and oxygen atoms in total. The second-order valence-corrected chi connectivity index (χ2v) is 3.19. The average Bonchev–Trinajstić information content (AvgIpc) is 2.29. The number of para-hydroxylation sites is 1. The molecule has 1 aliphatic heterocycles. The summed E-state index contributed by atoms with van der Waals surface area (Å²) in [5, 5.41) is 0. The number of Topliss-reactive ketones (excluding diaryl/α,β-unsaturated/α-hetero) is 1. The molecule has 0 saturated carbocycles. The van der Waals surface area contributed by atoms with Gasteiger partial charge in [0.05, 0.1) is 12.3 Å². The van der Waals surface area contributed by atoms with Gasteiger partial charge < -0.3 is 10.2 Å². The largest absolute Gasteiger partial charge is 0.498 e. The van der Waals surface area contributed by atoms with E-state index in [-0.39, 0.29) is 5.78 Å². The van der Waals surface area contributed by atoms with E-state index in [0.29, 0.717) is 18.7 Å². The number of hydrogen-bond donors (Lipinski definition) is 2. The van der Waals surface area contributed by atoms with Crippen molar-refractivity contribution >= 4 is 11.5 Å².